The molecule has 0 unspecified atom stereocenters. The Morgan fingerprint density at radius 3 is 2.61 bits per heavy atom. The largest absolute Gasteiger partial charge is 0.350 e. The maximum absolute atomic E-state index is 11.3. The van der Waals surface area contributed by atoms with Gasteiger partial charge in [-0.15, -0.1) is 36.2 Å². The Kier molecular flexibility index (Phi) is 11.7. The van der Waals surface area contributed by atoms with Gasteiger partial charge in [0.25, 0.3) is 0 Å². The molecule has 1 heterocycles. The maximum atomic E-state index is 11.3. The SMILES string of the molecule is CNCCC(=O)NCc1nc(C(C)C)cs1.Cl.Cl. The van der Waals surface area contributed by atoms with Gasteiger partial charge in [0.15, 0.2) is 0 Å². The summed E-state index contributed by atoms with van der Waals surface area (Å²) in [6.07, 6.45) is 0.513. The smallest absolute Gasteiger partial charge is 0.221 e. The van der Waals surface area contributed by atoms with E-state index in [-0.39, 0.29) is 30.7 Å². The number of thiazole rings is 1. The van der Waals surface area contributed by atoms with Crippen molar-refractivity contribution in [1.82, 2.24) is 15.6 Å². The Morgan fingerprint density at radius 2 is 2.11 bits per heavy atom. The Bertz CT molecular complexity index is 345. The molecule has 0 aliphatic carbocycles. The molecule has 0 aliphatic heterocycles. The average molecular weight is 314 g/mol. The molecular formula is C11H21Cl2N3OS. The van der Waals surface area contributed by atoms with Crippen molar-refractivity contribution in [3.63, 3.8) is 0 Å². The van der Waals surface area contributed by atoms with Crippen LogP contribution in [0.1, 0.15) is 36.9 Å². The lowest BCUT2D eigenvalue weighted by atomic mass is 10.2. The molecule has 2 N–H and O–H groups in total. The molecule has 1 amide bonds. The van der Waals surface area contributed by atoms with E-state index in [4.69, 9.17) is 0 Å². The van der Waals surface area contributed by atoms with Crippen LogP contribution in [0, 0.1) is 0 Å². The number of aromatic nitrogens is 1. The molecule has 18 heavy (non-hydrogen) atoms. The summed E-state index contributed by atoms with van der Waals surface area (Å²) in [5.41, 5.74) is 1.10. The third-order valence-corrected chi connectivity index (χ3v) is 3.07. The number of carbonyl (C=O) groups excluding carboxylic acids is 1. The van der Waals surface area contributed by atoms with Gasteiger partial charge in [0, 0.05) is 18.3 Å². The lowest BCUT2D eigenvalue weighted by Crippen LogP contribution is -2.26. The summed E-state index contributed by atoms with van der Waals surface area (Å²) in [7, 11) is 1.84. The number of hydrogen-bond acceptors (Lipinski definition) is 4. The molecule has 0 atom stereocenters. The Labute approximate surface area is 125 Å². The van der Waals surface area contributed by atoms with Crippen molar-refractivity contribution in [3.8, 4) is 0 Å². The van der Waals surface area contributed by atoms with Crippen LogP contribution in [-0.2, 0) is 11.3 Å². The Balaban J connectivity index is 0. The van der Waals surface area contributed by atoms with Crippen molar-refractivity contribution in [2.75, 3.05) is 13.6 Å². The highest BCUT2D eigenvalue weighted by atomic mass is 35.5. The topological polar surface area (TPSA) is 54.0 Å². The van der Waals surface area contributed by atoms with Crippen LogP contribution < -0.4 is 10.6 Å². The Hall–Kier alpha value is -0.360. The second-order valence-electron chi connectivity index (χ2n) is 3.95. The van der Waals surface area contributed by atoms with Crippen LogP contribution in [0.15, 0.2) is 5.38 Å². The van der Waals surface area contributed by atoms with Crippen molar-refractivity contribution in [1.29, 1.82) is 0 Å². The molecule has 1 aromatic heterocycles. The van der Waals surface area contributed by atoms with E-state index in [1.807, 2.05) is 7.05 Å². The van der Waals surface area contributed by atoms with E-state index in [1.54, 1.807) is 11.3 Å². The molecule has 0 spiro atoms. The zero-order chi connectivity index (χ0) is 12.0. The van der Waals surface area contributed by atoms with Gasteiger partial charge in [0.05, 0.1) is 12.2 Å². The molecule has 0 fully saturated rings. The molecule has 0 saturated heterocycles. The summed E-state index contributed by atoms with van der Waals surface area (Å²) in [6, 6.07) is 0. The molecule has 1 rings (SSSR count). The fourth-order valence-corrected chi connectivity index (χ4v) is 2.07. The van der Waals surface area contributed by atoms with Crippen LogP contribution in [0.4, 0.5) is 0 Å². The van der Waals surface area contributed by atoms with Crippen molar-refractivity contribution in [2.45, 2.75) is 32.7 Å². The highest BCUT2D eigenvalue weighted by Gasteiger charge is 2.06. The lowest BCUT2D eigenvalue weighted by molar-refractivity contribution is -0.121. The summed E-state index contributed by atoms with van der Waals surface area (Å²) in [5, 5.41) is 8.83. The van der Waals surface area contributed by atoms with E-state index >= 15 is 0 Å². The zero-order valence-electron chi connectivity index (χ0n) is 10.9. The summed E-state index contributed by atoms with van der Waals surface area (Å²) in [6.45, 7) is 5.48. The minimum absolute atomic E-state index is 0. The van der Waals surface area contributed by atoms with E-state index in [9.17, 15) is 4.79 Å². The first-order valence-electron chi connectivity index (χ1n) is 5.49. The van der Waals surface area contributed by atoms with E-state index in [1.165, 1.54) is 0 Å². The van der Waals surface area contributed by atoms with Crippen molar-refractivity contribution in [2.24, 2.45) is 0 Å². The number of rotatable bonds is 6. The van der Waals surface area contributed by atoms with Crippen LogP contribution in [0.2, 0.25) is 0 Å². The normalized spacial score (nSPS) is 9.56. The fourth-order valence-electron chi connectivity index (χ4n) is 1.17. The first kappa shape index (κ1) is 20.0. The van der Waals surface area contributed by atoms with Gasteiger partial charge in [-0.2, -0.15) is 0 Å². The second-order valence-corrected chi connectivity index (χ2v) is 4.89. The molecule has 0 saturated carbocycles. The van der Waals surface area contributed by atoms with Gasteiger partial charge in [-0.05, 0) is 13.0 Å². The highest BCUT2D eigenvalue weighted by molar-refractivity contribution is 7.09. The summed E-state index contributed by atoms with van der Waals surface area (Å²) >= 11 is 1.60. The molecule has 106 valence electrons. The summed E-state index contributed by atoms with van der Waals surface area (Å²) in [4.78, 5) is 15.8. The fraction of sp³-hybridized carbons (Fsp3) is 0.636. The average Bonchev–Trinajstić information content (AvgIpc) is 2.72. The first-order valence-corrected chi connectivity index (χ1v) is 6.37. The van der Waals surface area contributed by atoms with Gasteiger partial charge in [0.1, 0.15) is 5.01 Å². The van der Waals surface area contributed by atoms with E-state index in [0.29, 0.717) is 25.4 Å². The number of halogens is 2. The molecule has 0 radical (unpaired) electrons. The molecule has 0 aromatic carbocycles. The van der Waals surface area contributed by atoms with Gasteiger partial charge in [-0.25, -0.2) is 4.98 Å². The molecule has 0 bridgehead atoms. The van der Waals surface area contributed by atoms with Crippen molar-refractivity contribution in [3.05, 3.63) is 16.1 Å². The van der Waals surface area contributed by atoms with Crippen LogP contribution in [0.5, 0.6) is 0 Å². The lowest BCUT2D eigenvalue weighted by Gasteiger charge is -2.02. The van der Waals surface area contributed by atoms with Gasteiger partial charge in [-0.1, -0.05) is 13.8 Å². The third kappa shape index (κ3) is 7.16. The standard InChI is InChI=1S/C11H19N3OS.2ClH/c1-8(2)9-7-16-11(14-9)6-13-10(15)4-5-12-3;;/h7-8,12H,4-6H2,1-3H3,(H,13,15);2*1H. The zero-order valence-corrected chi connectivity index (χ0v) is 13.3. The van der Waals surface area contributed by atoms with Gasteiger partial charge >= 0.3 is 0 Å². The number of hydrogen-bond donors (Lipinski definition) is 2. The number of amides is 1. The second kappa shape index (κ2) is 10.6. The van der Waals surface area contributed by atoms with E-state index < -0.39 is 0 Å². The minimum Gasteiger partial charge on any atom is -0.350 e. The predicted octanol–water partition coefficient (Wildman–Crippen LogP) is 2.34. The van der Waals surface area contributed by atoms with E-state index in [0.717, 1.165) is 10.7 Å². The molecule has 0 aliphatic rings. The Morgan fingerprint density at radius 1 is 1.44 bits per heavy atom. The molecule has 7 heteroatoms. The van der Waals surface area contributed by atoms with Gasteiger partial charge in [0.2, 0.25) is 5.91 Å². The number of nitrogens with one attached hydrogen (secondary N) is 2. The van der Waals surface area contributed by atoms with Crippen LogP contribution in [0.3, 0.4) is 0 Å². The van der Waals surface area contributed by atoms with Crippen LogP contribution in [0.25, 0.3) is 0 Å². The van der Waals surface area contributed by atoms with Gasteiger partial charge in [-0.3, -0.25) is 4.79 Å². The maximum Gasteiger partial charge on any atom is 0.221 e. The molecule has 4 nitrogen and oxygen atoms in total. The summed E-state index contributed by atoms with van der Waals surface area (Å²) in [5.74, 6) is 0.514. The number of carbonyl (C=O) groups is 1. The number of nitrogens with zero attached hydrogens (tertiary/aromatic N) is 1. The first-order chi connectivity index (χ1) is 7.63. The molecular weight excluding hydrogens is 293 g/mol. The van der Waals surface area contributed by atoms with E-state index in [2.05, 4.69) is 34.8 Å². The monoisotopic (exact) mass is 313 g/mol. The van der Waals surface area contributed by atoms with Crippen molar-refractivity contribution < 1.29 is 4.79 Å². The highest BCUT2D eigenvalue weighted by Crippen LogP contribution is 2.17. The van der Waals surface area contributed by atoms with Crippen LogP contribution >= 0.6 is 36.2 Å². The third-order valence-electron chi connectivity index (χ3n) is 2.20. The predicted molar refractivity (Wildman–Crippen MR) is 81.1 cm³/mol. The summed E-state index contributed by atoms with van der Waals surface area (Å²) < 4.78 is 0. The molecule has 1 aromatic rings. The minimum atomic E-state index is 0. The van der Waals surface area contributed by atoms with Crippen molar-refractivity contribution >= 4 is 42.1 Å². The van der Waals surface area contributed by atoms with Crippen LogP contribution in [-0.4, -0.2) is 24.5 Å². The quantitative estimate of drug-likeness (QED) is 0.847. The van der Waals surface area contributed by atoms with Gasteiger partial charge < -0.3 is 10.6 Å².